The van der Waals surface area contributed by atoms with Gasteiger partial charge in [-0.15, -0.1) is 11.8 Å². The molecule has 1 saturated heterocycles. The van der Waals surface area contributed by atoms with Gasteiger partial charge in [-0.1, -0.05) is 17.3 Å². The van der Waals surface area contributed by atoms with E-state index in [-0.39, 0.29) is 5.92 Å². The van der Waals surface area contributed by atoms with E-state index < -0.39 is 0 Å². The molecule has 0 unspecified atom stereocenters. The van der Waals surface area contributed by atoms with Gasteiger partial charge in [0, 0.05) is 17.4 Å². The molecule has 5 heteroatoms. The van der Waals surface area contributed by atoms with Gasteiger partial charge in [0.25, 0.3) is 5.89 Å². The molecule has 0 bridgehead atoms. The molecule has 94 valence electrons. The number of aromatic nitrogens is 2. The lowest BCUT2D eigenvalue weighted by molar-refractivity contribution is 0.192. The second-order valence-electron chi connectivity index (χ2n) is 4.22. The van der Waals surface area contributed by atoms with E-state index >= 15 is 0 Å². The molecule has 0 spiro atoms. The fourth-order valence-corrected chi connectivity index (χ4v) is 2.66. The van der Waals surface area contributed by atoms with Gasteiger partial charge in [-0.2, -0.15) is 4.98 Å². The van der Waals surface area contributed by atoms with Gasteiger partial charge >= 0.3 is 0 Å². The molecule has 2 heterocycles. The zero-order chi connectivity index (χ0) is 12.4. The third kappa shape index (κ3) is 2.15. The third-order valence-corrected chi connectivity index (χ3v) is 3.87. The van der Waals surface area contributed by atoms with Crippen molar-refractivity contribution in [2.75, 3.05) is 19.5 Å². The SMILES string of the molecule is CSc1ccccc1-c1nc([C@H]2CCOC2)no1. The van der Waals surface area contributed by atoms with Crippen LogP contribution < -0.4 is 0 Å². The van der Waals surface area contributed by atoms with E-state index in [1.54, 1.807) is 11.8 Å². The number of benzene rings is 1. The van der Waals surface area contributed by atoms with Gasteiger partial charge < -0.3 is 9.26 Å². The maximum Gasteiger partial charge on any atom is 0.259 e. The molecule has 0 radical (unpaired) electrons. The van der Waals surface area contributed by atoms with Crippen molar-refractivity contribution in [1.82, 2.24) is 10.1 Å². The Morgan fingerprint density at radius 2 is 2.22 bits per heavy atom. The molecular weight excluding hydrogens is 248 g/mol. The van der Waals surface area contributed by atoms with Crippen LogP contribution in [0.1, 0.15) is 18.2 Å². The van der Waals surface area contributed by atoms with Crippen LogP contribution in [0.5, 0.6) is 0 Å². The summed E-state index contributed by atoms with van der Waals surface area (Å²) in [4.78, 5) is 5.65. The summed E-state index contributed by atoms with van der Waals surface area (Å²) in [6.45, 7) is 1.49. The van der Waals surface area contributed by atoms with Gasteiger partial charge in [0.2, 0.25) is 0 Å². The summed E-state index contributed by atoms with van der Waals surface area (Å²) in [6, 6.07) is 8.06. The van der Waals surface area contributed by atoms with Crippen molar-refractivity contribution in [3.05, 3.63) is 30.1 Å². The average molecular weight is 262 g/mol. The fourth-order valence-electron chi connectivity index (χ4n) is 2.07. The van der Waals surface area contributed by atoms with Crippen LogP contribution in [0, 0.1) is 0 Å². The Bertz CT molecular complexity index is 535. The van der Waals surface area contributed by atoms with E-state index in [1.807, 2.05) is 24.5 Å². The molecule has 1 aromatic heterocycles. The van der Waals surface area contributed by atoms with Crippen molar-refractivity contribution in [3.8, 4) is 11.5 Å². The monoisotopic (exact) mass is 262 g/mol. The molecule has 0 N–H and O–H groups in total. The zero-order valence-electron chi connectivity index (χ0n) is 10.1. The lowest BCUT2D eigenvalue weighted by atomic mass is 10.1. The van der Waals surface area contributed by atoms with Crippen LogP contribution in [0.25, 0.3) is 11.5 Å². The van der Waals surface area contributed by atoms with Crippen molar-refractivity contribution in [2.45, 2.75) is 17.2 Å². The normalized spacial score (nSPS) is 19.3. The number of rotatable bonds is 3. The lowest BCUT2D eigenvalue weighted by Gasteiger charge is -2.01. The van der Waals surface area contributed by atoms with Crippen molar-refractivity contribution < 1.29 is 9.26 Å². The number of hydrogen-bond acceptors (Lipinski definition) is 5. The van der Waals surface area contributed by atoms with Gasteiger partial charge in [-0.05, 0) is 24.8 Å². The summed E-state index contributed by atoms with van der Waals surface area (Å²) in [6.07, 6.45) is 3.02. The van der Waals surface area contributed by atoms with Gasteiger partial charge in [0.1, 0.15) is 0 Å². The van der Waals surface area contributed by atoms with E-state index in [1.165, 1.54) is 0 Å². The Kier molecular flexibility index (Phi) is 3.34. The molecule has 2 aromatic rings. The standard InChI is InChI=1S/C13H14N2O2S/c1-18-11-5-3-2-4-10(11)13-14-12(15-17-13)9-6-7-16-8-9/h2-5,9H,6-8H2,1H3/t9-/m0/s1. The van der Waals surface area contributed by atoms with E-state index in [4.69, 9.17) is 9.26 Å². The van der Waals surface area contributed by atoms with Crippen LogP contribution in [0.3, 0.4) is 0 Å². The summed E-state index contributed by atoms with van der Waals surface area (Å²) in [7, 11) is 0. The summed E-state index contributed by atoms with van der Waals surface area (Å²) in [5.41, 5.74) is 1.00. The first-order valence-corrected chi connectivity index (χ1v) is 7.15. The maximum atomic E-state index is 5.38. The van der Waals surface area contributed by atoms with Crippen LogP contribution in [-0.2, 0) is 4.74 Å². The summed E-state index contributed by atoms with van der Waals surface area (Å²) in [5, 5.41) is 4.07. The van der Waals surface area contributed by atoms with Crippen LogP contribution in [0.4, 0.5) is 0 Å². The topological polar surface area (TPSA) is 48.2 Å². The minimum absolute atomic E-state index is 0.281. The number of ether oxygens (including phenoxy) is 1. The third-order valence-electron chi connectivity index (χ3n) is 3.07. The Morgan fingerprint density at radius 3 is 3.00 bits per heavy atom. The molecule has 0 aliphatic carbocycles. The summed E-state index contributed by atoms with van der Waals surface area (Å²) in [5.74, 6) is 1.64. The minimum Gasteiger partial charge on any atom is -0.381 e. The molecule has 1 fully saturated rings. The number of thioether (sulfide) groups is 1. The zero-order valence-corrected chi connectivity index (χ0v) is 10.9. The fraction of sp³-hybridized carbons (Fsp3) is 0.385. The highest BCUT2D eigenvalue weighted by atomic mass is 32.2. The highest BCUT2D eigenvalue weighted by Gasteiger charge is 2.23. The van der Waals surface area contributed by atoms with E-state index in [2.05, 4.69) is 16.2 Å². The molecule has 1 aliphatic heterocycles. The molecule has 4 nitrogen and oxygen atoms in total. The molecular formula is C13H14N2O2S. The van der Waals surface area contributed by atoms with Crippen LogP contribution >= 0.6 is 11.8 Å². The predicted octanol–water partition coefficient (Wildman–Crippen LogP) is 2.96. The Balaban J connectivity index is 1.92. The van der Waals surface area contributed by atoms with Gasteiger partial charge in [-0.3, -0.25) is 0 Å². The Labute approximate surface area is 110 Å². The van der Waals surface area contributed by atoms with Crippen molar-refractivity contribution >= 4 is 11.8 Å². The highest BCUT2D eigenvalue weighted by Crippen LogP contribution is 2.30. The average Bonchev–Trinajstić information content (AvgIpc) is 3.09. The van der Waals surface area contributed by atoms with Crippen molar-refractivity contribution in [3.63, 3.8) is 0 Å². The summed E-state index contributed by atoms with van der Waals surface area (Å²) >= 11 is 1.68. The van der Waals surface area contributed by atoms with Crippen LogP contribution in [0.2, 0.25) is 0 Å². The largest absolute Gasteiger partial charge is 0.381 e. The first kappa shape index (κ1) is 11.7. The van der Waals surface area contributed by atoms with Crippen LogP contribution in [0.15, 0.2) is 33.7 Å². The quantitative estimate of drug-likeness (QED) is 0.796. The van der Waals surface area contributed by atoms with E-state index in [0.717, 1.165) is 29.3 Å². The first-order chi connectivity index (χ1) is 8.88. The lowest BCUT2D eigenvalue weighted by Crippen LogP contribution is -1.99. The van der Waals surface area contributed by atoms with Gasteiger partial charge in [0.15, 0.2) is 5.82 Å². The smallest absolute Gasteiger partial charge is 0.259 e. The predicted molar refractivity (Wildman–Crippen MR) is 69.7 cm³/mol. The second kappa shape index (κ2) is 5.12. The summed E-state index contributed by atoms with van der Waals surface area (Å²) < 4.78 is 10.7. The molecule has 0 amide bonds. The van der Waals surface area contributed by atoms with Crippen LogP contribution in [-0.4, -0.2) is 29.6 Å². The molecule has 0 saturated carbocycles. The number of hydrogen-bond donors (Lipinski definition) is 0. The minimum atomic E-state index is 0.281. The van der Waals surface area contributed by atoms with E-state index in [9.17, 15) is 0 Å². The Morgan fingerprint density at radius 1 is 1.33 bits per heavy atom. The van der Waals surface area contributed by atoms with Gasteiger partial charge in [-0.25, -0.2) is 0 Å². The second-order valence-corrected chi connectivity index (χ2v) is 5.07. The Hall–Kier alpha value is -1.33. The highest BCUT2D eigenvalue weighted by molar-refractivity contribution is 7.98. The van der Waals surface area contributed by atoms with E-state index in [0.29, 0.717) is 12.5 Å². The molecule has 1 aromatic carbocycles. The molecule has 3 rings (SSSR count). The van der Waals surface area contributed by atoms with Gasteiger partial charge in [0.05, 0.1) is 12.2 Å². The van der Waals surface area contributed by atoms with Crippen molar-refractivity contribution in [1.29, 1.82) is 0 Å². The molecule has 18 heavy (non-hydrogen) atoms. The molecule has 1 atom stereocenters. The first-order valence-electron chi connectivity index (χ1n) is 5.93. The molecule has 1 aliphatic rings. The van der Waals surface area contributed by atoms with Crippen molar-refractivity contribution in [2.24, 2.45) is 0 Å². The maximum absolute atomic E-state index is 5.38. The number of nitrogens with zero attached hydrogens (tertiary/aromatic N) is 2.